The minimum Gasteiger partial charge on any atom is -0.496 e. The lowest BCUT2D eigenvalue weighted by molar-refractivity contribution is -0.138. The molecule has 1 atom stereocenters. The molecule has 0 radical (unpaired) electrons. The van der Waals surface area contributed by atoms with Crippen molar-refractivity contribution in [1.29, 1.82) is 0 Å². The molecule has 0 heterocycles. The zero-order valence-corrected chi connectivity index (χ0v) is 12.4. The molecule has 1 unspecified atom stereocenters. The summed E-state index contributed by atoms with van der Waals surface area (Å²) in [6.45, 7) is 1.34. The molecule has 1 aromatic rings. The summed E-state index contributed by atoms with van der Waals surface area (Å²) in [5, 5.41) is 11.8. The Morgan fingerprint density at radius 1 is 1.53 bits per heavy atom. The second kappa shape index (κ2) is 8.14. The molecule has 0 spiro atoms. The number of carbonyl (C=O) groups is 1. The van der Waals surface area contributed by atoms with Gasteiger partial charge < -0.3 is 20.9 Å². The Bertz CT molecular complexity index is 426. The van der Waals surface area contributed by atoms with Gasteiger partial charge in [0.25, 0.3) is 0 Å². The van der Waals surface area contributed by atoms with Crippen molar-refractivity contribution in [1.82, 2.24) is 5.32 Å². The van der Waals surface area contributed by atoms with Crippen LogP contribution < -0.4 is 15.8 Å². The highest BCUT2D eigenvalue weighted by molar-refractivity contribution is 9.10. The molecule has 0 saturated carbocycles. The van der Waals surface area contributed by atoms with E-state index in [9.17, 15) is 4.79 Å². The number of hydrogen-bond acceptors (Lipinski definition) is 4. The molecule has 1 aromatic carbocycles. The van der Waals surface area contributed by atoms with Crippen molar-refractivity contribution in [3.05, 3.63) is 28.2 Å². The first-order chi connectivity index (χ1) is 9.04. The van der Waals surface area contributed by atoms with Gasteiger partial charge in [-0.2, -0.15) is 0 Å². The first-order valence-electron chi connectivity index (χ1n) is 6.06. The number of benzene rings is 1. The third kappa shape index (κ3) is 5.59. The quantitative estimate of drug-likeness (QED) is 0.627. The number of rotatable bonds is 8. The molecule has 0 fully saturated rings. The zero-order valence-electron chi connectivity index (χ0n) is 10.9. The highest BCUT2D eigenvalue weighted by atomic mass is 79.9. The van der Waals surface area contributed by atoms with Crippen LogP contribution in [-0.2, 0) is 11.2 Å². The predicted octanol–water partition coefficient (Wildman–Crippen LogP) is 1.39. The Kier molecular flexibility index (Phi) is 6.83. The molecular weight excluding hydrogens is 312 g/mol. The standard InChI is InChI=1S/C13H19BrN2O3/c1-19-12-3-2-10(14)8-9(12)4-6-16-7-5-11(15)13(17)18/h2-3,8,11,16H,4-7,15H2,1H3,(H,17,18). The first kappa shape index (κ1) is 15.9. The van der Waals surface area contributed by atoms with E-state index < -0.39 is 12.0 Å². The number of nitrogens with one attached hydrogen (secondary N) is 1. The van der Waals surface area contributed by atoms with Crippen LogP contribution in [0.4, 0.5) is 0 Å². The predicted molar refractivity (Wildman–Crippen MR) is 77.5 cm³/mol. The van der Waals surface area contributed by atoms with Crippen molar-refractivity contribution in [3.63, 3.8) is 0 Å². The molecule has 1 rings (SSSR count). The van der Waals surface area contributed by atoms with E-state index in [0.717, 1.165) is 28.8 Å². The topological polar surface area (TPSA) is 84.6 Å². The maximum Gasteiger partial charge on any atom is 0.320 e. The number of carboxylic acid groups (broad SMARTS) is 1. The molecular formula is C13H19BrN2O3. The van der Waals surface area contributed by atoms with Crippen LogP contribution in [0.25, 0.3) is 0 Å². The minimum atomic E-state index is -0.963. The number of methoxy groups -OCH3 is 1. The van der Waals surface area contributed by atoms with Crippen molar-refractivity contribution >= 4 is 21.9 Å². The van der Waals surface area contributed by atoms with Gasteiger partial charge >= 0.3 is 5.97 Å². The van der Waals surface area contributed by atoms with Crippen molar-refractivity contribution in [2.45, 2.75) is 18.9 Å². The number of aliphatic carboxylic acids is 1. The molecule has 0 aliphatic carbocycles. The smallest absolute Gasteiger partial charge is 0.320 e. The number of hydrogen-bond donors (Lipinski definition) is 3. The fourth-order valence-corrected chi connectivity index (χ4v) is 2.08. The van der Waals surface area contributed by atoms with E-state index in [4.69, 9.17) is 15.6 Å². The average Bonchev–Trinajstić information content (AvgIpc) is 2.38. The van der Waals surface area contributed by atoms with Crippen LogP contribution in [0, 0.1) is 0 Å². The summed E-state index contributed by atoms with van der Waals surface area (Å²) in [7, 11) is 1.64. The van der Waals surface area contributed by atoms with Crippen molar-refractivity contribution in [3.8, 4) is 5.75 Å². The average molecular weight is 331 g/mol. The van der Waals surface area contributed by atoms with Crippen molar-refractivity contribution in [2.24, 2.45) is 5.73 Å². The van der Waals surface area contributed by atoms with Gasteiger partial charge in [-0.3, -0.25) is 4.79 Å². The highest BCUT2D eigenvalue weighted by Crippen LogP contribution is 2.23. The van der Waals surface area contributed by atoms with E-state index in [0.29, 0.717) is 13.0 Å². The minimum absolute atomic E-state index is 0.422. The third-order valence-corrected chi connectivity index (χ3v) is 3.26. The Morgan fingerprint density at radius 3 is 2.89 bits per heavy atom. The molecule has 106 valence electrons. The van der Waals surface area contributed by atoms with Crippen LogP contribution in [0.3, 0.4) is 0 Å². The summed E-state index contributed by atoms with van der Waals surface area (Å²) in [5.41, 5.74) is 6.51. The van der Waals surface area contributed by atoms with Crippen LogP contribution in [0.1, 0.15) is 12.0 Å². The monoisotopic (exact) mass is 330 g/mol. The SMILES string of the molecule is COc1ccc(Br)cc1CCNCCC(N)C(=O)O. The molecule has 0 aliphatic rings. The lowest BCUT2D eigenvalue weighted by atomic mass is 10.1. The molecule has 4 N–H and O–H groups in total. The Morgan fingerprint density at radius 2 is 2.26 bits per heavy atom. The number of ether oxygens (including phenoxy) is 1. The normalized spacial score (nSPS) is 12.2. The van der Waals surface area contributed by atoms with Crippen LogP contribution >= 0.6 is 15.9 Å². The van der Waals surface area contributed by atoms with Crippen LogP contribution in [0.15, 0.2) is 22.7 Å². The Labute approximate surface area is 121 Å². The lowest BCUT2D eigenvalue weighted by Gasteiger charge is -2.10. The summed E-state index contributed by atoms with van der Waals surface area (Å²) in [6.07, 6.45) is 1.23. The summed E-state index contributed by atoms with van der Waals surface area (Å²) >= 11 is 3.43. The summed E-state index contributed by atoms with van der Waals surface area (Å²) < 4.78 is 6.29. The Hall–Kier alpha value is -1.11. The fourth-order valence-electron chi connectivity index (χ4n) is 1.67. The van der Waals surface area contributed by atoms with Crippen molar-refractivity contribution < 1.29 is 14.6 Å². The molecule has 19 heavy (non-hydrogen) atoms. The van der Waals surface area contributed by atoms with Gasteiger partial charge in [0.1, 0.15) is 11.8 Å². The molecule has 5 nitrogen and oxygen atoms in total. The summed E-state index contributed by atoms with van der Waals surface area (Å²) in [4.78, 5) is 10.5. The number of nitrogens with two attached hydrogens (primary N) is 1. The maximum atomic E-state index is 10.5. The van der Waals surface area contributed by atoms with Gasteiger partial charge in [0.2, 0.25) is 0 Å². The molecule has 0 saturated heterocycles. The second-order valence-electron chi connectivity index (χ2n) is 4.19. The van der Waals surface area contributed by atoms with Gasteiger partial charge in [0.15, 0.2) is 0 Å². The lowest BCUT2D eigenvalue weighted by Crippen LogP contribution is -2.34. The summed E-state index contributed by atoms with van der Waals surface area (Å²) in [6, 6.07) is 5.07. The van der Waals surface area contributed by atoms with Gasteiger partial charge in [0, 0.05) is 4.47 Å². The van der Waals surface area contributed by atoms with E-state index >= 15 is 0 Å². The van der Waals surface area contributed by atoms with E-state index in [-0.39, 0.29) is 0 Å². The van der Waals surface area contributed by atoms with E-state index in [1.54, 1.807) is 7.11 Å². The van der Waals surface area contributed by atoms with Gasteiger partial charge in [0.05, 0.1) is 7.11 Å². The highest BCUT2D eigenvalue weighted by Gasteiger charge is 2.10. The van der Waals surface area contributed by atoms with Gasteiger partial charge in [-0.1, -0.05) is 15.9 Å². The first-order valence-corrected chi connectivity index (χ1v) is 6.85. The largest absolute Gasteiger partial charge is 0.496 e. The van der Waals surface area contributed by atoms with Gasteiger partial charge in [-0.15, -0.1) is 0 Å². The molecule has 0 amide bonds. The van der Waals surface area contributed by atoms with Gasteiger partial charge in [-0.25, -0.2) is 0 Å². The third-order valence-electron chi connectivity index (χ3n) is 2.76. The van der Waals surface area contributed by atoms with Crippen LogP contribution in [-0.4, -0.2) is 37.3 Å². The molecule has 0 aromatic heterocycles. The van der Waals surface area contributed by atoms with Crippen LogP contribution in [0.5, 0.6) is 5.75 Å². The van der Waals surface area contributed by atoms with E-state index in [1.807, 2.05) is 18.2 Å². The molecule has 6 heteroatoms. The zero-order chi connectivity index (χ0) is 14.3. The maximum absolute atomic E-state index is 10.5. The van der Waals surface area contributed by atoms with E-state index in [2.05, 4.69) is 21.2 Å². The Balaban J connectivity index is 2.33. The second-order valence-corrected chi connectivity index (χ2v) is 5.11. The van der Waals surface area contributed by atoms with Crippen molar-refractivity contribution in [2.75, 3.05) is 20.2 Å². The van der Waals surface area contributed by atoms with Gasteiger partial charge in [-0.05, 0) is 49.7 Å². The fraction of sp³-hybridized carbons (Fsp3) is 0.462. The molecule has 0 bridgehead atoms. The summed E-state index contributed by atoms with van der Waals surface area (Å²) in [5.74, 6) is -0.109. The van der Waals surface area contributed by atoms with E-state index in [1.165, 1.54) is 0 Å². The van der Waals surface area contributed by atoms with Crippen LogP contribution in [0.2, 0.25) is 0 Å². The number of halogens is 1. The number of carboxylic acids is 1. The molecule has 0 aliphatic heterocycles.